The van der Waals surface area contributed by atoms with Gasteiger partial charge >= 0.3 is 24.7 Å². The van der Waals surface area contributed by atoms with E-state index in [1.807, 2.05) is 24.3 Å². The van der Waals surface area contributed by atoms with Crippen molar-refractivity contribution >= 4 is 52.0 Å². The summed E-state index contributed by atoms with van der Waals surface area (Å²) in [5.74, 6) is 0.291. The van der Waals surface area contributed by atoms with Crippen LogP contribution in [-0.4, -0.2) is 47.9 Å². The monoisotopic (exact) mass is 1120 g/mol. The van der Waals surface area contributed by atoms with Crippen LogP contribution >= 0.6 is 24.4 Å². The van der Waals surface area contributed by atoms with E-state index >= 15 is 0 Å². The lowest BCUT2D eigenvalue weighted by Gasteiger charge is -2.24. The number of benzene rings is 4. The number of guanidine groups is 1. The quantitative estimate of drug-likeness (QED) is 0.0106. The Hall–Kier alpha value is -5.31. The van der Waals surface area contributed by atoms with Crippen LogP contribution in [0.15, 0.2) is 102 Å². The number of hydrogen-bond donors (Lipinski definition) is 6. The van der Waals surface area contributed by atoms with E-state index in [1.165, 1.54) is 70.6 Å². The first-order valence-electron chi connectivity index (χ1n) is 25.8. The molecule has 0 saturated carbocycles. The number of rotatable bonds is 29. The summed E-state index contributed by atoms with van der Waals surface area (Å²) < 4.78 is 164. The molecule has 0 bridgehead atoms. The van der Waals surface area contributed by atoms with Gasteiger partial charge in [0.1, 0.15) is 0 Å². The van der Waals surface area contributed by atoms with E-state index in [0.717, 1.165) is 43.2 Å². The Bertz CT molecular complexity index is 2300. The maximum atomic E-state index is 13.7. The van der Waals surface area contributed by atoms with Gasteiger partial charge in [0.05, 0.1) is 34.8 Å². The van der Waals surface area contributed by atoms with Crippen molar-refractivity contribution in [1.29, 1.82) is 0 Å². The van der Waals surface area contributed by atoms with Gasteiger partial charge in [-0.15, -0.1) is 0 Å². The standard InChI is InChI=1S/C55H69F12N7S2/c1-2-3-4-5-6-7-8-9-10-11-12-13-14-15-16-23-28-68-49(69-37-47(29-39-24-19-17-20-25-39)73-50(75)71-45-33-41(52(56,57)58)31-42(34-45)53(59,60)61)70-38-48(30-40-26-21-18-22-27-40)74-51(76)72-46-35-43(54(62,63)64)32-44(36-46)55(65,66)67/h17-22,24-27,31-36,47-48H,2-16,23,28-30,37-38H2,1H3,(H2,68,69,70)(H2,71,73,75)(H2,72,74,76)/t47-,48-/m1/s1. The van der Waals surface area contributed by atoms with Crippen molar-refractivity contribution in [1.82, 2.24) is 21.3 Å². The number of thiocarbonyl (C=S) groups is 2. The van der Waals surface area contributed by atoms with Crippen LogP contribution in [0.4, 0.5) is 64.1 Å². The van der Waals surface area contributed by atoms with Crippen LogP contribution in [0.2, 0.25) is 0 Å². The zero-order chi connectivity index (χ0) is 55.6. The Morgan fingerprint density at radius 1 is 0.447 bits per heavy atom. The fourth-order valence-electron chi connectivity index (χ4n) is 8.37. The van der Waals surface area contributed by atoms with Crippen LogP contribution in [0.5, 0.6) is 0 Å². The van der Waals surface area contributed by atoms with Crippen molar-refractivity contribution < 1.29 is 52.7 Å². The summed E-state index contributed by atoms with van der Waals surface area (Å²) in [7, 11) is 0. The smallest absolute Gasteiger partial charge is 0.358 e. The van der Waals surface area contributed by atoms with Crippen LogP contribution in [0.3, 0.4) is 0 Å². The molecule has 420 valence electrons. The van der Waals surface area contributed by atoms with E-state index in [9.17, 15) is 52.7 Å². The van der Waals surface area contributed by atoms with E-state index in [-0.39, 0.29) is 48.3 Å². The zero-order valence-corrected chi connectivity index (χ0v) is 44.2. The molecule has 0 amide bonds. The molecule has 7 nitrogen and oxygen atoms in total. The molecule has 0 aliphatic heterocycles. The molecule has 0 saturated heterocycles. The molecule has 0 aliphatic carbocycles. The molecule has 0 aliphatic rings. The normalized spacial score (nSPS) is 13.2. The molecular formula is C55H69F12N7S2. The second-order valence-corrected chi connectivity index (χ2v) is 19.7. The predicted octanol–water partition coefficient (Wildman–Crippen LogP) is 16.1. The molecule has 0 unspecified atom stereocenters. The van der Waals surface area contributed by atoms with Gasteiger partial charge in [-0.25, -0.2) is 0 Å². The molecule has 0 spiro atoms. The van der Waals surface area contributed by atoms with Gasteiger partial charge in [0.15, 0.2) is 16.2 Å². The summed E-state index contributed by atoms with van der Waals surface area (Å²) in [6, 6.07) is 18.9. The molecular weight excluding hydrogens is 1050 g/mol. The summed E-state index contributed by atoms with van der Waals surface area (Å²) in [6.07, 6.45) is -0.773. The SMILES string of the molecule is CCCCCCCCCCCCCCCCCCNC(=NC[C@@H](Cc1ccccc1)NC(=S)Nc1cc(C(F)(F)F)cc(C(F)(F)F)c1)NC[C@@H](Cc1ccccc1)NC(=S)Nc1cc(C(F)(F)F)cc(C(F)(F)F)c1. The average molecular weight is 1120 g/mol. The average Bonchev–Trinajstić information content (AvgIpc) is 3.34. The molecule has 21 heteroatoms. The van der Waals surface area contributed by atoms with Gasteiger partial charge < -0.3 is 31.9 Å². The summed E-state index contributed by atoms with van der Waals surface area (Å²) in [5, 5.41) is 17.1. The van der Waals surface area contributed by atoms with Crippen molar-refractivity contribution in [3.8, 4) is 0 Å². The number of hydrogen-bond acceptors (Lipinski definition) is 3. The van der Waals surface area contributed by atoms with Crippen molar-refractivity contribution in [2.75, 3.05) is 30.3 Å². The molecule has 0 aromatic heterocycles. The number of alkyl halides is 12. The minimum absolute atomic E-state index is 0.0173. The van der Waals surface area contributed by atoms with Crippen molar-refractivity contribution in [2.24, 2.45) is 4.99 Å². The third-order valence-corrected chi connectivity index (χ3v) is 12.8. The second-order valence-electron chi connectivity index (χ2n) is 18.9. The van der Waals surface area contributed by atoms with Crippen molar-refractivity contribution in [3.05, 3.63) is 130 Å². The molecule has 0 radical (unpaired) electrons. The van der Waals surface area contributed by atoms with Gasteiger partial charge in [-0.3, -0.25) is 4.99 Å². The first-order valence-corrected chi connectivity index (χ1v) is 26.6. The Labute approximate surface area is 449 Å². The molecule has 6 N–H and O–H groups in total. The lowest BCUT2D eigenvalue weighted by atomic mass is 10.0. The zero-order valence-electron chi connectivity index (χ0n) is 42.5. The lowest BCUT2D eigenvalue weighted by molar-refractivity contribution is -0.144. The summed E-state index contributed by atoms with van der Waals surface area (Å²) in [4.78, 5) is 4.83. The summed E-state index contributed by atoms with van der Waals surface area (Å²) in [6.45, 7) is 2.73. The third kappa shape index (κ3) is 25.2. The lowest BCUT2D eigenvalue weighted by Crippen LogP contribution is -2.49. The van der Waals surface area contributed by atoms with Gasteiger partial charge in [0.2, 0.25) is 0 Å². The van der Waals surface area contributed by atoms with Gasteiger partial charge in [-0.1, -0.05) is 164 Å². The van der Waals surface area contributed by atoms with E-state index in [2.05, 4.69) is 38.8 Å². The highest BCUT2D eigenvalue weighted by Crippen LogP contribution is 2.39. The molecule has 0 heterocycles. The van der Waals surface area contributed by atoms with Gasteiger partial charge in [-0.2, -0.15) is 52.7 Å². The predicted molar refractivity (Wildman–Crippen MR) is 287 cm³/mol. The number of aliphatic imine (C=N–C) groups is 1. The Kier molecular flexibility index (Phi) is 26.5. The van der Waals surface area contributed by atoms with Gasteiger partial charge in [-0.05, 0) is 91.2 Å². The number of halogens is 12. The fraction of sp³-hybridized carbons (Fsp3) is 0.509. The number of unbranched alkanes of at least 4 members (excludes halogenated alkanes) is 15. The highest BCUT2D eigenvalue weighted by atomic mass is 32.1. The number of nitrogens with one attached hydrogen (secondary N) is 6. The van der Waals surface area contributed by atoms with E-state index in [1.54, 1.807) is 36.4 Å². The highest BCUT2D eigenvalue weighted by molar-refractivity contribution is 7.80. The van der Waals surface area contributed by atoms with Crippen LogP contribution < -0.4 is 31.9 Å². The van der Waals surface area contributed by atoms with Crippen LogP contribution in [0.1, 0.15) is 143 Å². The minimum Gasteiger partial charge on any atom is -0.358 e. The Balaban J connectivity index is 1.50. The van der Waals surface area contributed by atoms with Gasteiger partial charge in [0.25, 0.3) is 0 Å². The largest absolute Gasteiger partial charge is 0.416 e. The molecule has 0 fully saturated rings. The number of anilines is 2. The first kappa shape index (κ1) is 63.2. The summed E-state index contributed by atoms with van der Waals surface area (Å²) in [5.41, 5.74) is -5.53. The van der Waals surface area contributed by atoms with Crippen molar-refractivity contribution in [3.63, 3.8) is 0 Å². The van der Waals surface area contributed by atoms with E-state index < -0.39 is 70.4 Å². The maximum Gasteiger partial charge on any atom is 0.416 e. The topological polar surface area (TPSA) is 84.5 Å². The van der Waals surface area contributed by atoms with E-state index in [0.29, 0.717) is 36.8 Å². The molecule has 76 heavy (non-hydrogen) atoms. The number of nitrogens with zero attached hydrogens (tertiary/aromatic N) is 1. The Morgan fingerprint density at radius 3 is 1.16 bits per heavy atom. The fourth-order valence-corrected chi connectivity index (χ4v) is 8.94. The van der Waals surface area contributed by atoms with Crippen LogP contribution in [-0.2, 0) is 37.5 Å². The van der Waals surface area contributed by atoms with Crippen LogP contribution in [0.25, 0.3) is 0 Å². The van der Waals surface area contributed by atoms with E-state index in [4.69, 9.17) is 29.4 Å². The van der Waals surface area contributed by atoms with Crippen LogP contribution in [0, 0.1) is 0 Å². The maximum absolute atomic E-state index is 13.7. The summed E-state index contributed by atoms with van der Waals surface area (Å²) >= 11 is 10.9. The Morgan fingerprint density at radius 2 is 0.789 bits per heavy atom. The minimum atomic E-state index is -5.08. The van der Waals surface area contributed by atoms with Gasteiger partial charge in [0, 0.05) is 30.5 Å². The molecule has 4 aromatic carbocycles. The second kappa shape index (κ2) is 31.8. The first-order chi connectivity index (χ1) is 36.0. The third-order valence-electron chi connectivity index (χ3n) is 12.3. The van der Waals surface area contributed by atoms with Crippen molar-refractivity contribution in [2.45, 2.75) is 159 Å². The highest BCUT2D eigenvalue weighted by Gasteiger charge is 2.38. The molecule has 4 aromatic rings. The molecule has 2 atom stereocenters. The molecule has 4 rings (SSSR count).